The fourth-order valence-corrected chi connectivity index (χ4v) is 2.61. The van der Waals surface area contributed by atoms with E-state index in [2.05, 4.69) is 6.92 Å². The first-order valence-electron chi connectivity index (χ1n) is 7.34. The highest BCUT2D eigenvalue weighted by Crippen LogP contribution is 2.32. The SMILES string of the molecule is CCN(C(=O)CN(C)C)[C@@H](C)Cc1ccc2c(c1)OCO2. The summed E-state index contributed by atoms with van der Waals surface area (Å²) in [6.45, 7) is 5.56. The number of hydrogen-bond donors (Lipinski definition) is 0. The number of fused-ring (bicyclic) bond motifs is 1. The molecule has 21 heavy (non-hydrogen) atoms. The van der Waals surface area contributed by atoms with Gasteiger partial charge >= 0.3 is 0 Å². The monoisotopic (exact) mass is 292 g/mol. The summed E-state index contributed by atoms with van der Waals surface area (Å²) < 4.78 is 10.7. The van der Waals surface area contributed by atoms with Gasteiger partial charge < -0.3 is 19.3 Å². The van der Waals surface area contributed by atoms with Crippen LogP contribution < -0.4 is 9.47 Å². The van der Waals surface area contributed by atoms with Crippen molar-refractivity contribution in [2.45, 2.75) is 26.3 Å². The van der Waals surface area contributed by atoms with Crippen molar-refractivity contribution in [3.05, 3.63) is 23.8 Å². The first kappa shape index (κ1) is 15.6. The fourth-order valence-electron chi connectivity index (χ4n) is 2.61. The minimum absolute atomic E-state index is 0.155. The molecule has 0 saturated heterocycles. The van der Waals surface area contributed by atoms with E-state index in [1.165, 1.54) is 0 Å². The van der Waals surface area contributed by atoms with Gasteiger partial charge in [-0.25, -0.2) is 0 Å². The van der Waals surface area contributed by atoms with Crippen LogP contribution in [0.1, 0.15) is 19.4 Å². The van der Waals surface area contributed by atoms with Crippen molar-refractivity contribution in [3.8, 4) is 11.5 Å². The van der Waals surface area contributed by atoms with Gasteiger partial charge in [-0.2, -0.15) is 0 Å². The Morgan fingerprint density at radius 1 is 1.29 bits per heavy atom. The minimum atomic E-state index is 0.155. The molecule has 1 atom stereocenters. The Morgan fingerprint density at radius 3 is 2.67 bits per heavy atom. The van der Waals surface area contributed by atoms with Crippen LogP contribution in [0.25, 0.3) is 0 Å². The van der Waals surface area contributed by atoms with Crippen LogP contribution in [0.5, 0.6) is 11.5 Å². The Bertz CT molecular complexity index is 502. The molecule has 0 aromatic heterocycles. The maximum atomic E-state index is 12.2. The number of carbonyl (C=O) groups is 1. The molecule has 0 saturated carbocycles. The van der Waals surface area contributed by atoms with Gasteiger partial charge in [-0.3, -0.25) is 4.79 Å². The molecule has 0 unspecified atom stereocenters. The Morgan fingerprint density at radius 2 is 2.00 bits per heavy atom. The molecule has 0 radical (unpaired) electrons. The molecule has 0 bridgehead atoms. The Hall–Kier alpha value is -1.75. The highest BCUT2D eigenvalue weighted by Gasteiger charge is 2.20. The molecule has 1 aromatic rings. The summed E-state index contributed by atoms with van der Waals surface area (Å²) in [5, 5.41) is 0. The fraction of sp³-hybridized carbons (Fsp3) is 0.562. The Labute approximate surface area is 126 Å². The summed E-state index contributed by atoms with van der Waals surface area (Å²) >= 11 is 0. The van der Waals surface area contributed by atoms with Gasteiger partial charge in [-0.15, -0.1) is 0 Å². The maximum Gasteiger partial charge on any atom is 0.236 e. The van der Waals surface area contributed by atoms with Gasteiger partial charge in [0.1, 0.15) is 0 Å². The largest absolute Gasteiger partial charge is 0.454 e. The second-order valence-corrected chi connectivity index (χ2v) is 5.66. The quantitative estimate of drug-likeness (QED) is 0.801. The predicted octanol–water partition coefficient (Wildman–Crippen LogP) is 1.76. The van der Waals surface area contributed by atoms with E-state index in [0.29, 0.717) is 6.54 Å². The zero-order valence-corrected chi connectivity index (χ0v) is 13.3. The normalized spacial score (nSPS) is 14.3. The zero-order valence-electron chi connectivity index (χ0n) is 13.3. The van der Waals surface area contributed by atoms with Gasteiger partial charge in [0.25, 0.3) is 0 Å². The third-order valence-electron chi connectivity index (χ3n) is 3.61. The highest BCUT2D eigenvalue weighted by molar-refractivity contribution is 5.78. The van der Waals surface area contributed by atoms with Crippen LogP contribution in [-0.4, -0.2) is 55.7 Å². The van der Waals surface area contributed by atoms with Crippen LogP contribution in [0.3, 0.4) is 0 Å². The van der Waals surface area contributed by atoms with Gasteiger partial charge in [-0.05, 0) is 52.1 Å². The minimum Gasteiger partial charge on any atom is -0.454 e. The molecule has 5 nitrogen and oxygen atoms in total. The molecule has 1 aliphatic heterocycles. The summed E-state index contributed by atoms with van der Waals surface area (Å²) in [5.41, 5.74) is 1.16. The van der Waals surface area contributed by atoms with E-state index in [-0.39, 0.29) is 18.7 Å². The van der Waals surface area contributed by atoms with Gasteiger partial charge in [-0.1, -0.05) is 6.07 Å². The van der Waals surface area contributed by atoms with Crippen molar-refractivity contribution < 1.29 is 14.3 Å². The average Bonchev–Trinajstić information content (AvgIpc) is 2.85. The number of benzene rings is 1. The molecule has 1 amide bonds. The number of ether oxygens (including phenoxy) is 2. The van der Waals surface area contributed by atoms with E-state index < -0.39 is 0 Å². The molecule has 0 fully saturated rings. The summed E-state index contributed by atoms with van der Waals surface area (Å²) in [6.07, 6.45) is 0.809. The van der Waals surface area contributed by atoms with Crippen molar-refractivity contribution in [2.75, 3.05) is 34.0 Å². The second-order valence-electron chi connectivity index (χ2n) is 5.66. The van der Waals surface area contributed by atoms with E-state index in [1.54, 1.807) is 0 Å². The van der Waals surface area contributed by atoms with E-state index in [1.807, 2.05) is 49.0 Å². The van der Waals surface area contributed by atoms with Crippen LogP contribution in [-0.2, 0) is 11.2 Å². The number of carbonyl (C=O) groups excluding carboxylic acids is 1. The summed E-state index contributed by atoms with van der Waals surface area (Å²) in [6, 6.07) is 6.13. The lowest BCUT2D eigenvalue weighted by Gasteiger charge is -2.29. The summed E-state index contributed by atoms with van der Waals surface area (Å²) in [7, 11) is 3.82. The molecule has 0 spiro atoms. The zero-order chi connectivity index (χ0) is 15.4. The van der Waals surface area contributed by atoms with Crippen molar-refractivity contribution in [1.82, 2.24) is 9.80 Å². The van der Waals surface area contributed by atoms with Crippen LogP contribution in [0.4, 0.5) is 0 Å². The molecule has 0 aliphatic carbocycles. The highest BCUT2D eigenvalue weighted by atomic mass is 16.7. The van der Waals surface area contributed by atoms with E-state index in [0.717, 1.165) is 30.0 Å². The van der Waals surface area contributed by atoms with Crippen molar-refractivity contribution >= 4 is 5.91 Å². The summed E-state index contributed by atoms with van der Waals surface area (Å²) in [4.78, 5) is 16.1. The van der Waals surface area contributed by atoms with Crippen molar-refractivity contribution in [2.24, 2.45) is 0 Å². The van der Waals surface area contributed by atoms with Gasteiger partial charge in [0.15, 0.2) is 11.5 Å². The van der Waals surface area contributed by atoms with Crippen molar-refractivity contribution in [1.29, 1.82) is 0 Å². The third kappa shape index (κ3) is 3.88. The topological polar surface area (TPSA) is 42.0 Å². The van der Waals surface area contributed by atoms with Crippen LogP contribution in [0.15, 0.2) is 18.2 Å². The summed E-state index contributed by atoms with van der Waals surface area (Å²) in [5.74, 6) is 1.75. The number of nitrogens with zero attached hydrogens (tertiary/aromatic N) is 2. The van der Waals surface area contributed by atoms with Crippen molar-refractivity contribution in [3.63, 3.8) is 0 Å². The van der Waals surface area contributed by atoms with E-state index >= 15 is 0 Å². The molecule has 116 valence electrons. The molecule has 1 aliphatic rings. The number of hydrogen-bond acceptors (Lipinski definition) is 4. The Balaban J connectivity index is 2.01. The van der Waals surface area contributed by atoms with Crippen LogP contribution in [0.2, 0.25) is 0 Å². The smallest absolute Gasteiger partial charge is 0.236 e. The molecular formula is C16H24N2O3. The average molecular weight is 292 g/mol. The lowest BCUT2D eigenvalue weighted by Crippen LogP contribution is -2.43. The van der Waals surface area contributed by atoms with Gasteiger partial charge in [0.05, 0.1) is 6.54 Å². The molecule has 2 rings (SSSR count). The lowest BCUT2D eigenvalue weighted by atomic mass is 10.0. The number of rotatable bonds is 6. The van der Waals surface area contributed by atoms with Gasteiger partial charge in [0.2, 0.25) is 12.7 Å². The molecular weight excluding hydrogens is 268 g/mol. The third-order valence-corrected chi connectivity index (χ3v) is 3.61. The standard InChI is InChI=1S/C16H24N2O3/c1-5-18(16(19)10-17(3)4)12(2)8-13-6-7-14-15(9-13)21-11-20-14/h6-7,9,12H,5,8,10-11H2,1-4H3/t12-/m0/s1. The van der Waals surface area contributed by atoms with Crippen LogP contribution in [0, 0.1) is 0 Å². The number of amides is 1. The maximum absolute atomic E-state index is 12.2. The van der Waals surface area contributed by atoms with E-state index in [9.17, 15) is 4.79 Å². The first-order valence-corrected chi connectivity index (χ1v) is 7.34. The second kappa shape index (κ2) is 6.80. The Kier molecular flexibility index (Phi) is 5.07. The lowest BCUT2D eigenvalue weighted by molar-refractivity contribution is -0.133. The predicted molar refractivity (Wildman–Crippen MR) is 81.7 cm³/mol. The van der Waals surface area contributed by atoms with Gasteiger partial charge in [0, 0.05) is 12.6 Å². The van der Waals surface area contributed by atoms with Crippen LogP contribution >= 0.6 is 0 Å². The molecule has 5 heteroatoms. The van der Waals surface area contributed by atoms with E-state index in [4.69, 9.17) is 9.47 Å². The molecule has 1 aromatic carbocycles. The number of likely N-dealkylation sites (N-methyl/N-ethyl adjacent to an activating group) is 2. The first-order chi connectivity index (χ1) is 10.0. The molecule has 0 N–H and O–H groups in total. The molecule has 1 heterocycles.